The number of fused-ring (bicyclic) bond motifs is 7. The van der Waals surface area contributed by atoms with Crippen LogP contribution in [0.1, 0.15) is 58.8 Å². The van der Waals surface area contributed by atoms with E-state index in [4.69, 9.17) is 23.7 Å². The molecule has 0 aromatic carbocycles. The zero-order valence-electron chi connectivity index (χ0n) is 31.2. The van der Waals surface area contributed by atoms with Crippen molar-refractivity contribution in [2.75, 3.05) is 19.8 Å². The average Bonchev–Trinajstić information content (AvgIpc) is 3.59. The number of aliphatic hydroxyl groups excluding tert-OH is 11. The molecular formula is C38H60O17. The molecule has 314 valence electrons. The Labute approximate surface area is 319 Å². The third-order valence-electron chi connectivity index (χ3n) is 14.8. The van der Waals surface area contributed by atoms with E-state index in [-0.39, 0.29) is 49.5 Å². The SMILES string of the molecule is C=C(CCC1(O)OC2CC3C4CC=C5C[C@@H](O)[C@H](O)[C@@H](O[C@@H]6O[C@H](CO)[C@H](O)[C@H](O)[C@H]6O)[C@]5(C)C4CC[C@]3(C)C2C1O)CO[C@@H]1O[C@H](CO)[C@@H](O)[C@H](O)[C@H]1O. The molecule has 17 heteroatoms. The van der Waals surface area contributed by atoms with Crippen LogP contribution in [0.3, 0.4) is 0 Å². The molecule has 7 unspecified atom stereocenters. The Balaban J connectivity index is 1.02. The minimum Gasteiger partial charge on any atom is -0.394 e. The Kier molecular flexibility index (Phi) is 11.8. The van der Waals surface area contributed by atoms with Crippen LogP contribution in [-0.2, 0) is 23.7 Å². The second-order valence-electron chi connectivity index (χ2n) is 17.7. The maximum atomic E-state index is 11.8. The fourth-order valence-electron chi connectivity index (χ4n) is 11.6. The number of allylic oxidation sites excluding steroid dienone is 1. The van der Waals surface area contributed by atoms with E-state index in [2.05, 4.69) is 19.6 Å². The molecule has 22 atom stereocenters. The average molecular weight is 789 g/mol. The van der Waals surface area contributed by atoms with Crippen molar-refractivity contribution in [3.63, 3.8) is 0 Å². The summed E-state index contributed by atoms with van der Waals surface area (Å²) in [6.07, 6.45) is -15.0. The van der Waals surface area contributed by atoms with Crippen LogP contribution >= 0.6 is 0 Å². The number of ether oxygens (including phenoxy) is 5. The highest BCUT2D eigenvalue weighted by molar-refractivity contribution is 5.30. The van der Waals surface area contributed by atoms with Crippen molar-refractivity contribution in [1.82, 2.24) is 0 Å². The van der Waals surface area contributed by atoms with Crippen molar-refractivity contribution in [3.05, 3.63) is 23.8 Å². The summed E-state index contributed by atoms with van der Waals surface area (Å²) in [4.78, 5) is 0. The topological polar surface area (TPSA) is 289 Å². The quantitative estimate of drug-likeness (QED) is 0.0977. The first kappa shape index (κ1) is 41.9. The molecule has 7 rings (SSSR count). The van der Waals surface area contributed by atoms with Gasteiger partial charge in [-0.15, -0.1) is 0 Å². The minimum absolute atomic E-state index is 0.00615. The Hall–Kier alpha value is -1.20. The van der Waals surface area contributed by atoms with E-state index in [1.807, 2.05) is 6.92 Å². The molecule has 0 amide bonds. The van der Waals surface area contributed by atoms with Gasteiger partial charge in [-0.05, 0) is 61.7 Å². The molecule has 12 N–H and O–H groups in total. The van der Waals surface area contributed by atoms with Crippen molar-refractivity contribution in [1.29, 1.82) is 0 Å². The Bertz CT molecular complexity index is 1430. The number of aliphatic hydroxyl groups is 12. The van der Waals surface area contributed by atoms with Crippen LogP contribution in [0.15, 0.2) is 23.8 Å². The van der Waals surface area contributed by atoms with Crippen molar-refractivity contribution in [2.24, 2.45) is 34.5 Å². The van der Waals surface area contributed by atoms with Crippen LogP contribution in [0, 0.1) is 34.5 Å². The summed E-state index contributed by atoms with van der Waals surface area (Å²) < 4.78 is 29.3. The highest BCUT2D eigenvalue weighted by Crippen LogP contribution is 2.69. The predicted molar refractivity (Wildman–Crippen MR) is 186 cm³/mol. The normalized spacial score (nSPS) is 54.9. The number of hydrogen-bond donors (Lipinski definition) is 12. The Morgan fingerprint density at radius 3 is 2.09 bits per heavy atom. The van der Waals surface area contributed by atoms with Gasteiger partial charge in [0.15, 0.2) is 18.4 Å². The van der Waals surface area contributed by atoms with Gasteiger partial charge in [0.1, 0.15) is 61.0 Å². The lowest BCUT2D eigenvalue weighted by Crippen LogP contribution is -2.65. The van der Waals surface area contributed by atoms with Gasteiger partial charge in [-0.25, -0.2) is 0 Å². The molecule has 0 aromatic heterocycles. The minimum atomic E-state index is -1.87. The Morgan fingerprint density at radius 2 is 1.45 bits per heavy atom. The van der Waals surface area contributed by atoms with Crippen LogP contribution in [0.5, 0.6) is 0 Å². The van der Waals surface area contributed by atoms with Crippen LogP contribution < -0.4 is 0 Å². The smallest absolute Gasteiger partial charge is 0.192 e. The summed E-state index contributed by atoms with van der Waals surface area (Å²) in [6, 6.07) is 0. The van der Waals surface area contributed by atoms with E-state index in [1.54, 1.807) is 0 Å². The van der Waals surface area contributed by atoms with Gasteiger partial charge in [0, 0.05) is 17.8 Å². The molecule has 0 spiro atoms. The molecule has 17 nitrogen and oxygen atoms in total. The number of hydrogen-bond acceptors (Lipinski definition) is 17. The fourth-order valence-corrected chi connectivity index (χ4v) is 11.6. The monoisotopic (exact) mass is 788 g/mol. The fraction of sp³-hybridized carbons (Fsp3) is 0.895. The molecule has 0 bridgehead atoms. The molecule has 3 heterocycles. The first-order valence-corrected chi connectivity index (χ1v) is 19.6. The summed E-state index contributed by atoms with van der Waals surface area (Å²) in [5, 5.41) is 127. The lowest BCUT2D eigenvalue weighted by atomic mass is 9.46. The molecule has 0 radical (unpaired) electrons. The molecular weight excluding hydrogens is 728 g/mol. The van der Waals surface area contributed by atoms with E-state index in [9.17, 15) is 61.3 Å². The summed E-state index contributed by atoms with van der Waals surface area (Å²) in [5.74, 6) is -2.23. The summed E-state index contributed by atoms with van der Waals surface area (Å²) in [6.45, 7) is 6.73. The van der Waals surface area contributed by atoms with Crippen LogP contribution in [0.4, 0.5) is 0 Å². The van der Waals surface area contributed by atoms with E-state index in [0.29, 0.717) is 31.3 Å². The van der Waals surface area contributed by atoms with Gasteiger partial charge in [-0.2, -0.15) is 0 Å². The summed E-state index contributed by atoms with van der Waals surface area (Å²) in [5.41, 5.74) is 0.129. The number of rotatable bonds is 10. The molecule has 0 aromatic rings. The zero-order chi connectivity index (χ0) is 39.9. The summed E-state index contributed by atoms with van der Waals surface area (Å²) >= 11 is 0. The molecule has 55 heavy (non-hydrogen) atoms. The summed E-state index contributed by atoms with van der Waals surface area (Å²) in [7, 11) is 0. The second-order valence-corrected chi connectivity index (χ2v) is 17.7. The molecule has 4 aliphatic carbocycles. The molecule has 6 fully saturated rings. The molecule has 3 saturated carbocycles. The van der Waals surface area contributed by atoms with Gasteiger partial charge < -0.3 is 85.0 Å². The molecule has 7 aliphatic rings. The van der Waals surface area contributed by atoms with E-state index in [1.165, 1.54) is 0 Å². The third-order valence-corrected chi connectivity index (χ3v) is 14.8. The van der Waals surface area contributed by atoms with Crippen molar-refractivity contribution < 1.29 is 85.0 Å². The predicted octanol–water partition coefficient (Wildman–Crippen LogP) is -3.10. The van der Waals surface area contributed by atoms with Crippen LogP contribution in [-0.4, -0.2) is 179 Å². The first-order valence-electron chi connectivity index (χ1n) is 19.6. The Morgan fingerprint density at radius 1 is 0.836 bits per heavy atom. The molecule has 3 saturated heterocycles. The maximum Gasteiger partial charge on any atom is 0.192 e. The van der Waals surface area contributed by atoms with E-state index < -0.39 is 122 Å². The van der Waals surface area contributed by atoms with Gasteiger partial charge in [-0.1, -0.05) is 37.6 Å². The highest BCUT2D eigenvalue weighted by atomic mass is 16.7. The third kappa shape index (κ3) is 6.78. The van der Waals surface area contributed by atoms with Gasteiger partial charge in [0.25, 0.3) is 0 Å². The molecule has 3 aliphatic heterocycles. The highest BCUT2D eigenvalue weighted by Gasteiger charge is 2.70. The lowest BCUT2D eigenvalue weighted by molar-refractivity contribution is -0.334. The second kappa shape index (κ2) is 15.4. The van der Waals surface area contributed by atoms with Gasteiger partial charge in [0.2, 0.25) is 0 Å². The zero-order valence-corrected chi connectivity index (χ0v) is 31.2. The van der Waals surface area contributed by atoms with Gasteiger partial charge in [0.05, 0.1) is 38.1 Å². The first-order chi connectivity index (χ1) is 25.9. The van der Waals surface area contributed by atoms with Gasteiger partial charge >= 0.3 is 0 Å². The van der Waals surface area contributed by atoms with Crippen molar-refractivity contribution in [3.8, 4) is 0 Å². The van der Waals surface area contributed by atoms with E-state index in [0.717, 1.165) is 5.57 Å². The lowest BCUT2D eigenvalue weighted by Gasteiger charge is -2.61. The van der Waals surface area contributed by atoms with Crippen LogP contribution in [0.25, 0.3) is 0 Å². The van der Waals surface area contributed by atoms with E-state index >= 15 is 0 Å². The maximum absolute atomic E-state index is 11.8. The van der Waals surface area contributed by atoms with Crippen molar-refractivity contribution >= 4 is 0 Å². The largest absolute Gasteiger partial charge is 0.394 e. The standard InChI is InChI=1S/C38H60O17/c1-15(14-51-34-30(47)28(45)26(43)22(12-39)52-34)6-9-38(50)32(49)24-21(55-38)11-19-17-5-4-16-10-20(41)25(42)33(37(16,3)18(17)7-8-36(19,24)2)54-35-31(48)29(46)27(44)23(13-40)53-35/h4,17-35,39-50H,1,5-14H2,2-3H3/t17?,18?,19?,20-,21?,22-,23-,24?,25+,26-,27+,28+,29+,30-,31-,32?,33-,34-,35+,36+,37+,38?/m1/s1. The van der Waals surface area contributed by atoms with Crippen molar-refractivity contribution in [2.45, 2.75) is 157 Å². The van der Waals surface area contributed by atoms with Crippen LogP contribution in [0.2, 0.25) is 0 Å². The van der Waals surface area contributed by atoms with Gasteiger partial charge in [-0.3, -0.25) is 0 Å².